The van der Waals surface area contributed by atoms with Gasteiger partial charge < -0.3 is 10.0 Å². The number of imide groups is 1. The number of anilines is 1. The lowest BCUT2D eigenvalue weighted by molar-refractivity contribution is -0.136. The zero-order chi connectivity index (χ0) is 16.3. The Bertz CT molecular complexity index is 616. The number of amides is 4. The van der Waals surface area contributed by atoms with Gasteiger partial charge in [-0.1, -0.05) is 18.2 Å². The Morgan fingerprint density at radius 3 is 2.36 bits per heavy atom. The van der Waals surface area contributed by atoms with E-state index in [0.717, 1.165) is 9.80 Å². The van der Waals surface area contributed by atoms with E-state index in [4.69, 9.17) is 5.11 Å². The highest BCUT2D eigenvalue weighted by Gasteiger charge is 2.36. The van der Waals surface area contributed by atoms with Crippen LogP contribution in [0.15, 0.2) is 30.3 Å². The first-order valence-electron chi connectivity index (χ1n) is 6.53. The lowest BCUT2D eigenvalue weighted by Crippen LogP contribution is -2.45. The van der Waals surface area contributed by atoms with Gasteiger partial charge in [0.2, 0.25) is 5.91 Å². The molecule has 116 valence electrons. The summed E-state index contributed by atoms with van der Waals surface area (Å²) >= 11 is 0. The standard InChI is InChI=1S/C14H15N3O5/c1-15-7-11(18)17(14(15)22)8-12(19)16(9-13(20)21)10-5-3-2-4-6-10/h2-6H,7-9H2,1H3,(H,20,21). The second kappa shape index (κ2) is 6.25. The van der Waals surface area contributed by atoms with Crippen molar-refractivity contribution in [3.8, 4) is 0 Å². The molecule has 1 N–H and O–H groups in total. The maximum absolute atomic E-state index is 12.3. The second-order valence-corrected chi connectivity index (χ2v) is 4.83. The molecule has 2 rings (SSSR count). The number of para-hydroxylation sites is 1. The largest absolute Gasteiger partial charge is 0.480 e. The van der Waals surface area contributed by atoms with Crippen LogP contribution < -0.4 is 4.90 Å². The van der Waals surface area contributed by atoms with Gasteiger partial charge in [0.05, 0.1) is 0 Å². The summed E-state index contributed by atoms with van der Waals surface area (Å²) in [5, 5.41) is 8.95. The summed E-state index contributed by atoms with van der Waals surface area (Å²) < 4.78 is 0. The fourth-order valence-electron chi connectivity index (χ4n) is 2.11. The van der Waals surface area contributed by atoms with Crippen LogP contribution in [0.25, 0.3) is 0 Å². The number of hydrogen-bond acceptors (Lipinski definition) is 4. The molecule has 4 amide bonds. The maximum Gasteiger partial charge on any atom is 0.327 e. The summed E-state index contributed by atoms with van der Waals surface area (Å²) in [6.45, 7) is -1.12. The molecular formula is C14H15N3O5. The highest BCUT2D eigenvalue weighted by Crippen LogP contribution is 2.15. The van der Waals surface area contributed by atoms with Gasteiger partial charge in [-0.25, -0.2) is 4.79 Å². The van der Waals surface area contributed by atoms with Crippen molar-refractivity contribution < 1.29 is 24.3 Å². The van der Waals surface area contributed by atoms with Crippen molar-refractivity contribution in [3.05, 3.63) is 30.3 Å². The van der Waals surface area contributed by atoms with Crippen molar-refractivity contribution in [2.75, 3.05) is 31.6 Å². The number of hydrogen-bond donors (Lipinski definition) is 1. The number of nitrogens with zero attached hydrogens (tertiary/aromatic N) is 3. The predicted octanol–water partition coefficient (Wildman–Crippen LogP) is -0.00180. The van der Waals surface area contributed by atoms with Gasteiger partial charge in [-0.15, -0.1) is 0 Å². The van der Waals surface area contributed by atoms with Gasteiger partial charge in [0, 0.05) is 12.7 Å². The molecule has 22 heavy (non-hydrogen) atoms. The number of benzene rings is 1. The molecular weight excluding hydrogens is 290 g/mol. The second-order valence-electron chi connectivity index (χ2n) is 4.83. The fourth-order valence-corrected chi connectivity index (χ4v) is 2.11. The third-order valence-corrected chi connectivity index (χ3v) is 3.19. The van der Waals surface area contributed by atoms with Crippen LogP contribution >= 0.6 is 0 Å². The highest BCUT2D eigenvalue weighted by atomic mass is 16.4. The van der Waals surface area contributed by atoms with Crippen molar-refractivity contribution in [2.24, 2.45) is 0 Å². The predicted molar refractivity (Wildman–Crippen MR) is 76.2 cm³/mol. The Balaban J connectivity index is 2.18. The van der Waals surface area contributed by atoms with Crippen LogP contribution in [0.5, 0.6) is 0 Å². The molecule has 8 heteroatoms. The van der Waals surface area contributed by atoms with Gasteiger partial charge >= 0.3 is 12.0 Å². The molecule has 0 bridgehead atoms. The SMILES string of the molecule is CN1CC(=O)N(CC(=O)N(CC(=O)O)c2ccccc2)C1=O. The minimum Gasteiger partial charge on any atom is -0.480 e. The van der Waals surface area contributed by atoms with Gasteiger partial charge in [0.15, 0.2) is 0 Å². The van der Waals surface area contributed by atoms with Crippen LogP contribution in [-0.2, 0) is 14.4 Å². The zero-order valence-electron chi connectivity index (χ0n) is 11.9. The average Bonchev–Trinajstić information content (AvgIpc) is 2.72. The van der Waals surface area contributed by atoms with E-state index in [9.17, 15) is 19.2 Å². The number of carboxylic acids is 1. The summed E-state index contributed by atoms with van der Waals surface area (Å²) in [5.41, 5.74) is 0.391. The maximum atomic E-state index is 12.3. The number of likely N-dealkylation sites (N-methyl/N-ethyl adjacent to an activating group) is 1. The van der Waals surface area contributed by atoms with E-state index < -0.39 is 36.9 Å². The highest BCUT2D eigenvalue weighted by molar-refractivity contribution is 6.07. The van der Waals surface area contributed by atoms with Crippen molar-refractivity contribution in [1.82, 2.24) is 9.80 Å². The van der Waals surface area contributed by atoms with Crippen molar-refractivity contribution in [1.29, 1.82) is 0 Å². The van der Waals surface area contributed by atoms with E-state index in [1.54, 1.807) is 30.3 Å². The molecule has 0 radical (unpaired) electrons. The molecule has 0 saturated carbocycles. The molecule has 0 unspecified atom stereocenters. The Hall–Kier alpha value is -2.90. The molecule has 1 fully saturated rings. The molecule has 0 aromatic heterocycles. The van der Waals surface area contributed by atoms with Crippen LogP contribution in [0.2, 0.25) is 0 Å². The van der Waals surface area contributed by atoms with E-state index in [2.05, 4.69) is 0 Å². The average molecular weight is 305 g/mol. The number of carboxylic acid groups (broad SMARTS) is 1. The third kappa shape index (κ3) is 3.22. The Kier molecular flexibility index (Phi) is 4.40. The van der Waals surface area contributed by atoms with Crippen LogP contribution in [0.1, 0.15) is 0 Å². The van der Waals surface area contributed by atoms with Crippen molar-refractivity contribution >= 4 is 29.5 Å². The molecule has 1 aliphatic heterocycles. The molecule has 0 atom stereocenters. The molecule has 1 aromatic carbocycles. The number of aliphatic carboxylic acids is 1. The first-order valence-corrected chi connectivity index (χ1v) is 6.53. The van der Waals surface area contributed by atoms with Gasteiger partial charge in [-0.05, 0) is 12.1 Å². The van der Waals surface area contributed by atoms with Gasteiger partial charge in [0.25, 0.3) is 5.91 Å². The molecule has 8 nitrogen and oxygen atoms in total. The number of carbonyl (C=O) groups excluding carboxylic acids is 3. The first kappa shape index (κ1) is 15.5. The van der Waals surface area contributed by atoms with Gasteiger partial charge in [-0.3, -0.25) is 24.2 Å². The Labute approximate surface area is 126 Å². The monoisotopic (exact) mass is 305 g/mol. The number of urea groups is 1. The molecule has 1 aromatic rings. The van der Waals surface area contributed by atoms with Crippen LogP contribution in [0.3, 0.4) is 0 Å². The van der Waals surface area contributed by atoms with Crippen molar-refractivity contribution in [2.45, 2.75) is 0 Å². The fraction of sp³-hybridized carbons (Fsp3) is 0.286. The van der Waals surface area contributed by atoms with Crippen LogP contribution in [-0.4, -0.2) is 65.4 Å². The lowest BCUT2D eigenvalue weighted by Gasteiger charge is -2.23. The van der Waals surface area contributed by atoms with E-state index in [1.165, 1.54) is 11.9 Å². The smallest absolute Gasteiger partial charge is 0.327 e. The summed E-state index contributed by atoms with van der Waals surface area (Å²) in [6.07, 6.45) is 0. The normalized spacial score (nSPS) is 14.4. The first-order chi connectivity index (χ1) is 10.4. The summed E-state index contributed by atoms with van der Waals surface area (Å²) in [6, 6.07) is 7.66. The minimum absolute atomic E-state index is 0.0869. The lowest BCUT2D eigenvalue weighted by atomic mass is 10.2. The summed E-state index contributed by atoms with van der Waals surface area (Å²) in [7, 11) is 1.46. The van der Waals surface area contributed by atoms with Crippen LogP contribution in [0.4, 0.5) is 10.5 Å². The quantitative estimate of drug-likeness (QED) is 0.772. The van der Waals surface area contributed by atoms with E-state index >= 15 is 0 Å². The topological polar surface area (TPSA) is 98.2 Å². The Morgan fingerprint density at radius 1 is 1.23 bits per heavy atom. The van der Waals surface area contributed by atoms with Gasteiger partial charge in [-0.2, -0.15) is 0 Å². The number of carbonyl (C=O) groups is 4. The minimum atomic E-state index is -1.19. The van der Waals surface area contributed by atoms with Crippen LogP contribution in [0, 0.1) is 0 Å². The van der Waals surface area contributed by atoms with Gasteiger partial charge in [0.1, 0.15) is 19.6 Å². The van der Waals surface area contributed by atoms with Crippen molar-refractivity contribution in [3.63, 3.8) is 0 Å². The van der Waals surface area contributed by atoms with E-state index in [-0.39, 0.29) is 6.54 Å². The molecule has 1 heterocycles. The van der Waals surface area contributed by atoms with E-state index in [0.29, 0.717) is 5.69 Å². The molecule has 1 aliphatic rings. The molecule has 0 spiro atoms. The summed E-state index contributed by atoms with van der Waals surface area (Å²) in [4.78, 5) is 49.8. The number of rotatable bonds is 5. The molecule has 1 saturated heterocycles. The third-order valence-electron chi connectivity index (χ3n) is 3.19. The zero-order valence-corrected chi connectivity index (χ0v) is 11.9. The molecule has 0 aliphatic carbocycles. The summed E-state index contributed by atoms with van der Waals surface area (Å²) in [5.74, 6) is -2.30. The van der Waals surface area contributed by atoms with E-state index in [1.807, 2.05) is 0 Å². The Morgan fingerprint density at radius 2 is 1.86 bits per heavy atom.